The third kappa shape index (κ3) is 3.64. The number of hydrogen-bond acceptors (Lipinski definition) is 5. The first-order chi connectivity index (χ1) is 15.1. The molecule has 4 aromatic rings. The van der Waals surface area contributed by atoms with E-state index in [-0.39, 0.29) is 11.7 Å². The van der Waals surface area contributed by atoms with Crippen LogP contribution < -0.4 is 0 Å². The summed E-state index contributed by atoms with van der Waals surface area (Å²) in [6.07, 6.45) is 5.34. The summed E-state index contributed by atoms with van der Waals surface area (Å²) >= 11 is 0. The molecule has 0 unspecified atom stereocenters. The summed E-state index contributed by atoms with van der Waals surface area (Å²) in [5, 5.41) is 10.2. The van der Waals surface area contributed by atoms with Gasteiger partial charge in [-0.15, -0.1) is 0 Å². The Labute approximate surface area is 180 Å². The standard InChI is InChI=1S/C24H23N5O2/c1-27-10-12-28(13-11-27)24(31)18-8-6-17(7-9-18)20-16-29-21(14-26-23(29)15-25-20)19-4-2-3-5-22(19)30/h2-9,14-16,30H,10-13H2,1H3. The highest BCUT2D eigenvalue weighted by molar-refractivity contribution is 5.94. The Morgan fingerprint density at radius 2 is 1.68 bits per heavy atom. The second-order valence-electron chi connectivity index (χ2n) is 7.83. The summed E-state index contributed by atoms with van der Waals surface area (Å²) in [4.78, 5) is 25.9. The molecule has 5 rings (SSSR count). The van der Waals surface area contributed by atoms with E-state index in [9.17, 15) is 9.90 Å². The number of aromatic hydroxyl groups is 1. The van der Waals surface area contributed by atoms with Crippen LogP contribution in [-0.4, -0.2) is 68.4 Å². The molecule has 1 fully saturated rings. The summed E-state index contributed by atoms with van der Waals surface area (Å²) in [6, 6.07) is 14.8. The van der Waals surface area contributed by atoms with Crippen molar-refractivity contribution >= 4 is 11.6 Å². The fourth-order valence-electron chi connectivity index (χ4n) is 3.90. The highest BCUT2D eigenvalue weighted by Crippen LogP contribution is 2.30. The molecule has 156 valence electrons. The van der Waals surface area contributed by atoms with E-state index in [1.807, 2.05) is 51.9 Å². The number of aromatic nitrogens is 3. The number of imidazole rings is 1. The molecule has 1 amide bonds. The molecule has 0 spiro atoms. The van der Waals surface area contributed by atoms with Crippen molar-refractivity contribution in [2.24, 2.45) is 0 Å². The van der Waals surface area contributed by atoms with Crippen molar-refractivity contribution in [2.45, 2.75) is 0 Å². The van der Waals surface area contributed by atoms with E-state index in [0.717, 1.165) is 43.1 Å². The molecule has 0 radical (unpaired) electrons. The minimum Gasteiger partial charge on any atom is -0.507 e. The largest absolute Gasteiger partial charge is 0.507 e. The second kappa shape index (κ2) is 7.85. The Morgan fingerprint density at radius 1 is 0.935 bits per heavy atom. The van der Waals surface area contributed by atoms with Gasteiger partial charge >= 0.3 is 0 Å². The lowest BCUT2D eigenvalue weighted by Crippen LogP contribution is -2.47. The molecule has 1 aliphatic rings. The highest BCUT2D eigenvalue weighted by Gasteiger charge is 2.20. The van der Waals surface area contributed by atoms with Gasteiger partial charge < -0.3 is 14.9 Å². The maximum Gasteiger partial charge on any atom is 0.253 e. The molecule has 1 N–H and O–H groups in total. The molecule has 0 bridgehead atoms. The van der Waals surface area contributed by atoms with Gasteiger partial charge in [-0.25, -0.2) is 4.98 Å². The lowest BCUT2D eigenvalue weighted by Gasteiger charge is -2.32. The Hall–Kier alpha value is -3.71. The van der Waals surface area contributed by atoms with Crippen molar-refractivity contribution in [3.63, 3.8) is 0 Å². The number of amides is 1. The van der Waals surface area contributed by atoms with Crippen molar-refractivity contribution in [1.29, 1.82) is 0 Å². The van der Waals surface area contributed by atoms with Gasteiger partial charge in [-0.05, 0) is 31.3 Å². The average molecular weight is 413 g/mol. The lowest BCUT2D eigenvalue weighted by molar-refractivity contribution is 0.0664. The highest BCUT2D eigenvalue weighted by atomic mass is 16.3. The van der Waals surface area contributed by atoms with E-state index in [2.05, 4.69) is 21.9 Å². The molecular formula is C24H23N5O2. The van der Waals surface area contributed by atoms with E-state index in [0.29, 0.717) is 16.8 Å². The molecule has 0 atom stereocenters. The molecule has 31 heavy (non-hydrogen) atoms. The predicted molar refractivity (Wildman–Crippen MR) is 119 cm³/mol. The van der Waals surface area contributed by atoms with Gasteiger partial charge in [0, 0.05) is 49.1 Å². The van der Waals surface area contributed by atoms with E-state index in [4.69, 9.17) is 0 Å². The van der Waals surface area contributed by atoms with E-state index in [1.54, 1.807) is 24.5 Å². The van der Waals surface area contributed by atoms with Crippen LogP contribution in [0, 0.1) is 0 Å². The number of carbonyl (C=O) groups is 1. The molecule has 7 heteroatoms. The number of fused-ring (bicyclic) bond motifs is 1. The van der Waals surface area contributed by atoms with E-state index < -0.39 is 0 Å². The summed E-state index contributed by atoms with van der Waals surface area (Å²) in [6.45, 7) is 3.31. The van der Waals surface area contributed by atoms with Gasteiger partial charge in [0.05, 0.1) is 23.8 Å². The minimum absolute atomic E-state index is 0.0690. The first-order valence-corrected chi connectivity index (χ1v) is 10.3. The number of nitrogens with zero attached hydrogens (tertiary/aromatic N) is 5. The summed E-state index contributed by atoms with van der Waals surface area (Å²) in [7, 11) is 2.07. The Bertz CT molecular complexity index is 1240. The van der Waals surface area contributed by atoms with Crippen LogP contribution in [0.4, 0.5) is 0 Å². The zero-order valence-electron chi connectivity index (χ0n) is 17.3. The minimum atomic E-state index is 0.0690. The fourth-order valence-corrected chi connectivity index (χ4v) is 3.90. The maximum atomic E-state index is 12.8. The van der Waals surface area contributed by atoms with Gasteiger partial charge in [0.1, 0.15) is 5.75 Å². The monoisotopic (exact) mass is 413 g/mol. The summed E-state index contributed by atoms with van der Waals surface area (Å²) in [5.74, 6) is 0.272. The van der Waals surface area contributed by atoms with Crippen molar-refractivity contribution < 1.29 is 9.90 Å². The van der Waals surface area contributed by atoms with Crippen molar-refractivity contribution in [3.05, 3.63) is 72.7 Å². The van der Waals surface area contributed by atoms with Crippen LogP contribution in [0.15, 0.2) is 67.1 Å². The summed E-state index contributed by atoms with van der Waals surface area (Å²) in [5.41, 5.74) is 4.56. The third-order valence-electron chi connectivity index (χ3n) is 5.79. The first-order valence-electron chi connectivity index (χ1n) is 10.3. The van der Waals surface area contributed by atoms with E-state index >= 15 is 0 Å². The van der Waals surface area contributed by atoms with Crippen molar-refractivity contribution in [1.82, 2.24) is 24.2 Å². The molecule has 3 heterocycles. The zero-order valence-corrected chi connectivity index (χ0v) is 17.3. The molecule has 0 saturated carbocycles. The number of carbonyl (C=O) groups excluding carboxylic acids is 1. The number of phenols is 1. The number of benzene rings is 2. The summed E-state index contributed by atoms with van der Waals surface area (Å²) < 4.78 is 1.92. The number of likely N-dealkylation sites (N-methyl/N-ethyl adjacent to an activating group) is 1. The molecule has 1 aliphatic heterocycles. The SMILES string of the molecule is CN1CCN(C(=O)c2ccc(-c3cn4c(-c5ccccc5O)cnc4cn3)cc2)CC1. The first kappa shape index (κ1) is 19.3. The van der Waals surface area contributed by atoms with Crippen LogP contribution in [0.3, 0.4) is 0 Å². The normalized spacial score (nSPS) is 14.8. The van der Waals surface area contributed by atoms with Crippen LogP contribution in [0.5, 0.6) is 5.75 Å². The molecule has 0 aliphatic carbocycles. The van der Waals surface area contributed by atoms with Gasteiger partial charge in [-0.1, -0.05) is 24.3 Å². The number of hydrogen-bond donors (Lipinski definition) is 1. The fraction of sp³-hybridized carbons (Fsp3) is 0.208. The number of phenolic OH excluding ortho intramolecular Hbond substituents is 1. The maximum absolute atomic E-state index is 12.8. The van der Waals surface area contributed by atoms with Gasteiger partial charge in [-0.3, -0.25) is 14.2 Å². The average Bonchev–Trinajstić information content (AvgIpc) is 3.23. The van der Waals surface area contributed by atoms with Crippen LogP contribution in [0.25, 0.3) is 28.2 Å². The van der Waals surface area contributed by atoms with Gasteiger partial charge in [0.15, 0.2) is 5.65 Å². The van der Waals surface area contributed by atoms with Crippen molar-refractivity contribution in [3.8, 4) is 28.3 Å². The van der Waals surface area contributed by atoms with Crippen LogP contribution in [-0.2, 0) is 0 Å². The predicted octanol–water partition coefficient (Wildman–Crippen LogP) is 3.16. The number of para-hydroxylation sites is 1. The Balaban J connectivity index is 1.44. The van der Waals surface area contributed by atoms with Gasteiger partial charge in [-0.2, -0.15) is 0 Å². The van der Waals surface area contributed by atoms with Crippen LogP contribution >= 0.6 is 0 Å². The number of rotatable bonds is 3. The van der Waals surface area contributed by atoms with Gasteiger partial charge in [0.2, 0.25) is 0 Å². The van der Waals surface area contributed by atoms with Crippen LogP contribution in [0.1, 0.15) is 10.4 Å². The zero-order chi connectivity index (χ0) is 21.4. The van der Waals surface area contributed by atoms with E-state index in [1.165, 1.54) is 0 Å². The molecule has 1 saturated heterocycles. The molecule has 2 aromatic heterocycles. The molecule has 2 aromatic carbocycles. The number of piperazine rings is 1. The third-order valence-corrected chi connectivity index (χ3v) is 5.79. The molecular weight excluding hydrogens is 390 g/mol. The van der Waals surface area contributed by atoms with Crippen molar-refractivity contribution in [2.75, 3.05) is 33.2 Å². The lowest BCUT2D eigenvalue weighted by atomic mass is 10.1. The van der Waals surface area contributed by atoms with Gasteiger partial charge in [0.25, 0.3) is 5.91 Å². The van der Waals surface area contributed by atoms with Crippen LogP contribution in [0.2, 0.25) is 0 Å². The quantitative estimate of drug-likeness (QED) is 0.559. The molecule has 7 nitrogen and oxygen atoms in total. The Morgan fingerprint density at radius 3 is 2.42 bits per heavy atom. The Kier molecular flexibility index (Phi) is 4.88. The smallest absolute Gasteiger partial charge is 0.253 e. The second-order valence-corrected chi connectivity index (χ2v) is 7.83. The topological polar surface area (TPSA) is 74.0 Å².